The van der Waals surface area contributed by atoms with E-state index in [1.54, 1.807) is 0 Å². The Kier molecular flexibility index (Phi) is 6.29. The summed E-state index contributed by atoms with van der Waals surface area (Å²) in [6.45, 7) is 2.20. The number of rotatable bonds is 2. The molecule has 2 heteroatoms. The number of aryl methyl sites for hydroxylation is 1. The topological polar surface area (TPSA) is 0 Å². The van der Waals surface area contributed by atoms with E-state index in [9.17, 15) is 0 Å². The van der Waals surface area contributed by atoms with Crippen LogP contribution in [0.3, 0.4) is 0 Å². The summed E-state index contributed by atoms with van der Waals surface area (Å²) in [7, 11) is 0. The van der Waals surface area contributed by atoms with E-state index in [-0.39, 0.29) is 25.9 Å². The summed E-state index contributed by atoms with van der Waals surface area (Å²) < 4.78 is 1.16. The van der Waals surface area contributed by atoms with Crippen LogP contribution < -0.4 is 0 Å². The van der Waals surface area contributed by atoms with Crippen molar-refractivity contribution in [1.82, 2.24) is 0 Å². The Morgan fingerprint density at radius 1 is 1.27 bits per heavy atom. The van der Waals surface area contributed by atoms with Gasteiger partial charge in [0.25, 0.3) is 0 Å². The van der Waals surface area contributed by atoms with Gasteiger partial charge in [0.2, 0.25) is 0 Å². The van der Waals surface area contributed by atoms with E-state index in [0.717, 1.165) is 4.47 Å². The smallest absolute Gasteiger partial charge is 1.00 e. The molecule has 0 radical (unpaired) electrons. The molecule has 1 rings (SSSR count). The molecule has 58 valence electrons. The van der Waals surface area contributed by atoms with Gasteiger partial charge >= 0.3 is 23.1 Å². The van der Waals surface area contributed by atoms with Crippen LogP contribution in [0.1, 0.15) is 21.8 Å². The van der Waals surface area contributed by atoms with Crippen molar-refractivity contribution in [2.45, 2.75) is 19.8 Å². The quantitative estimate of drug-likeness (QED) is 0.678. The molecule has 0 N–H and O–H groups in total. The van der Waals surface area contributed by atoms with Gasteiger partial charge in [-0.15, -0.1) is 0 Å². The molecule has 0 aliphatic heterocycles. The van der Waals surface area contributed by atoms with Crippen LogP contribution in [0.2, 0.25) is 0 Å². The molecule has 0 heterocycles. The number of halogens is 1. The summed E-state index contributed by atoms with van der Waals surface area (Å²) in [6, 6.07) is 8.50. The summed E-state index contributed by atoms with van der Waals surface area (Å²) in [5.41, 5.74) is 1.42. The minimum Gasteiger partial charge on any atom is -1.00 e. The molecule has 0 unspecified atom stereocenters. The van der Waals surface area contributed by atoms with Gasteiger partial charge in [-0.3, -0.25) is 0 Å². The van der Waals surface area contributed by atoms with Gasteiger partial charge in [0.05, 0.1) is 0 Å². The van der Waals surface area contributed by atoms with Crippen molar-refractivity contribution < 1.29 is 2.85 Å². The largest absolute Gasteiger partial charge is 2.00 e. The van der Waals surface area contributed by atoms with Crippen molar-refractivity contribution >= 4 is 39.0 Å². The summed E-state index contributed by atoms with van der Waals surface area (Å²) in [5.74, 6) is 0. The molecule has 0 amide bonds. The van der Waals surface area contributed by atoms with Crippen molar-refractivity contribution in [1.29, 1.82) is 0 Å². The molecule has 0 bridgehead atoms. The predicted octanol–water partition coefficient (Wildman–Crippen LogP) is 3.25. The second kappa shape index (κ2) is 6.03. The molecule has 11 heavy (non-hydrogen) atoms. The van der Waals surface area contributed by atoms with Gasteiger partial charge in [-0.1, -0.05) is 41.4 Å². The summed E-state index contributed by atoms with van der Waals surface area (Å²) in [6.07, 6.45) is 2.41. The van der Waals surface area contributed by atoms with Crippen molar-refractivity contribution in [3.63, 3.8) is 0 Å². The van der Waals surface area contributed by atoms with Crippen molar-refractivity contribution in [2.75, 3.05) is 0 Å². The van der Waals surface area contributed by atoms with Gasteiger partial charge < -0.3 is 2.85 Å². The maximum atomic E-state index is 3.40. The van der Waals surface area contributed by atoms with Crippen LogP contribution in [0.5, 0.6) is 0 Å². The van der Waals surface area contributed by atoms with E-state index in [0.29, 0.717) is 0 Å². The van der Waals surface area contributed by atoms with Gasteiger partial charge in [-0.2, -0.15) is 0 Å². The zero-order chi connectivity index (χ0) is 7.40. The Morgan fingerprint density at radius 3 is 2.27 bits per heavy atom. The third-order valence-corrected chi connectivity index (χ3v) is 1.98. The molecule has 0 saturated carbocycles. The van der Waals surface area contributed by atoms with Gasteiger partial charge in [0.15, 0.2) is 0 Å². The Bertz CT molecular complexity index is 201. The summed E-state index contributed by atoms with van der Waals surface area (Å²) in [5, 5.41) is 0. The first-order valence-corrected chi connectivity index (χ1v) is 4.36. The number of hydrogen-bond donors (Lipinski definition) is 0. The third kappa shape index (κ3) is 4.14. The zero-order valence-corrected chi connectivity index (χ0v) is 9.81. The zero-order valence-electron chi connectivity index (χ0n) is 8.81. The van der Waals surface area contributed by atoms with E-state index >= 15 is 0 Å². The maximum absolute atomic E-state index is 3.40. The van der Waals surface area contributed by atoms with Crippen molar-refractivity contribution in [2.24, 2.45) is 0 Å². The third-order valence-electron chi connectivity index (χ3n) is 1.45. The summed E-state index contributed by atoms with van der Waals surface area (Å²) in [4.78, 5) is 0. The first kappa shape index (κ1) is 11.5. The minimum absolute atomic E-state index is 0. The summed E-state index contributed by atoms with van der Waals surface area (Å²) >= 11 is 3.40. The van der Waals surface area contributed by atoms with Crippen LogP contribution >= 0.6 is 15.9 Å². The standard InChI is InChI=1S/C9H11Br.Mg.2H/c1-2-3-8-4-6-9(10)7-5-8;;;/h4-7H,2-3H2,1H3;;;/q;+2;2*-1. The van der Waals surface area contributed by atoms with Crippen molar-refractivity contribution in [3.8, 4) is 0 Å². The average Bonchev–Trinajstić information content (AvgIpc) is 1.95. The fourth-order valence-corrected chi connectivity index (χ4v) is 1.20. The van der Waals surface area contributed by atoms with Crippen LogP contribution in [0.25, 0.3) is 0 Å². The molecule has 0 aliphatic rings. The van der Waals surface area contributed by atoms with E-state index in [1.807, 2.05) is 0 Å². The molecule has 1 aromatic rings. The fraction of sp³-hybridized carbons (Fsp3) is 0.333. The predicted molar refractivity (Wildman–Crippen MR) is 56.1 cm³/mol. The van der Waals surface area contributed by atoms with Gasteiger partial charge in [0.1, 0.15) is 0 Å². The fourth-order valence-electron chi connectivity index (χ4n) is 0.940. The molecule has 0 aliphatic carbocycles. The van der Waals surface area contributed by atoms with Crippen LogP contribution in [-0.4, -0.2) is 23.1 Å². The van der Waals surface area contributed by atoms with Crippen LogP contribution in [0.15, 0.2) is 28.7 Å². The second-order valence-electron chi connectivity index (χ2n) is 2.38. The molecular weight excluding hydrogens is 212 g/mol. The van der Waals surface area contributed by atoms with Gasteiger partial charge in [0, 0.05) is 4.47 Å². The Hall–Kier alpha value is 0.466. The second-order valence-corrected chi connectivity index (χ2v) is 3.29. The Morgan fingerprint density at radius 2 is 1.82 bits per heavy atom. The molecule has 0 atom stereocenters. The van der Waals surface area contributed by atoms with E-state index < -0.39 is 0 Å². The van der Waals surface area contributed by atoms with Gasteiger partial charge in [-0.05, 0) is 24.1 Å². The molecular formula is C9H13BrMg. The number of hydrogen-bond acceptors (Lipinski definition) is 0. The minimum atomic E-state index is 0. The number of benzene rings is 1. The van der Waals surface area contributed by atoms with Gasteiger partial charge in [-0.25, -0.2) is 0 Å². The Labute approximate surface area is 95.6 Å². The van der Waals surface area contributed by atoms with E-state index in [4.69, 9.17) is 0 Å². The monoisotopic (exact) mass is 224 g/mol. The normalized spacial score (nSPS) is 8.91. The molecule has 0 fully saturated rings. The van der Waals surface area contributed by atoms with Crippen molar-refractivity contribution in [3.05, 3.63) is 34.3 Å². The molecule has 0 aromatic heterocycles. The SMILES string of the molecule is CCCc1ccc(Br)cc1.[H-].[H-].[Mg+2]. The molecule has 0 saturated heterocycles. The Balaban J connectivity index is -0.000000333. The van der Waals surface area contributed by atoms with Crippen LogP contribution in [0.4, 0.5) is 0 Å². The van der Waals surface area contributed by atoms with E-state index in [2.05, 4.69) is 47.1 Å². The maximum Gasteiger partial charge on any atom is 2.00 e. The molecule has 0 nitrogen and oxygen atoms in total. The molecule has 0 spiro atoms. The van der Waals surface area contributed by atoms with Crippen LogP contribution in [-0.2, 0) is 6.42 Å². The van der Waals surface area contributed by atoms with Crippen LogP contribution in [0, 0.1) is 0 Å². The van der Waals surface area contributed by atoms with E-state index in [1.165, 1.54) is 18.4 Å². The average molecular weight is 225 g/mol. The first-order valence-electron chi connectivity index (χ1n) is 3.57. The first-order chi connectivity index (χ1) is 4.83. The molecule has 1 aromatic carbocycles.